The van der Waals surface area contributed by atoms with Crippen LogP contribution in [0.25, 0.3) is 0 Å². The lowest BCUT2D eigenvalue weighted by Gasteiger charge is -2.25. The summed E-state index contributed by atoms with van der Waals surface area (Å²) < 4.78 is 16.0. The second-order valence-corrected chi connectivity index (χ2v) is 5.76. The molecule has 21 heavy (non-hydrogen) atoms. The second-order valence-electron chi connectivity index (χ2n) is 5.76. The molecule has 0 saturated carbocycles. The fraction of sp³-hybridized carbons (Fsp3) is 0.625. The van der Waals surface area contributed by atoms with E-state index in [-0.39, 0.29) is 11.6 Å². The highest BCUT2D eigenvalue weighted by Gasteiger charge is 2.19. The molecule has 0 bridgehead atoms. The molecule has 0 saturated heterocycles. The molecule has 0 aliphatic carbocycles. The van der Waals surface area contributed by atoms with Crippen LogP contribution in [-0.2, 0) is 11.2 Å². The molecule has 0 heterocycles. The summed E-state index contributed by atoms with van der Waals surface area (Å²) in [6, 6.07) is 6.14. The predicted octanol–water partition coefficient (Wildman–Crippen LogP) is 2.28. The van der Waals surface area contributed by atoms with E-state index in [4.69, 9.17) is 20.1 Å². The molecule has 1 aromatic rings. The van der Waals surface area contributed by atoms with E-state index in [9.17, 15) is 0 Å². The maximum atomic E-state index is 5.67. The lowest BCUT2D eigenvalue weighted by molar-refractivity contribution is 0.0117. The Morgan fingerprint density at radius 3 is 2.33 bits per heavy atom. The van der Waals surface area contributed by atoms with Gasteiger partial charge in [-0.05, 0) is 50.8 Å². The fourth-order valence-electron chi connectivity index (χ4n) is 2.16. The molecule has 1 aromatic carbocycles. The predicted molar refractivity (Wildman–Crippen MR) is 84.7 cm³/mol. The van der Waals surface area contributed by atoms with Crippen LogP contribution in [0.4, 0.5) is 0 Å². The molecule has 0 fully saturated rings. The molecular weight excluding hydrogens is 268 g/mol. The Labute approximate surface area is 127 Å². The highest BCUT2D eigenvalue weighted by atomic mass is 16.5. The minimum Gasteiger partial charge on any atom is -0.493 e. The van der Waals surface area contributed by atoms with Crippen LogP contribution in [0, 0.1) is 0 Å². The summed E-state index contributed by atoms with van der Waals surface area (Å²) >= 11 is 0. The smallest absolute Gasteiger partial charge is 0.160 e. The van der Waals surface area contributed by atoms with E-state index in [1.54, 1.807) is 21.3 Å². The first-order valence-electron chi connectivity index (χ1n) is 7.18. The van der Waals surface area contributed by atoms with Gasteiger partial charge in [0.25, 0.3) is 0 Å². The topological polar surface area (TPSA) is 65.7 Å². The lowest BCUT2D eigenvalue weighted by Crippen LogP contribution is -2.38. The zero-order valence-electron chi connectivity index (χ0n) is 13.7. The standard InChI is InChI=1S/C16H28N2O3/c1-16(2,21-5)9-8-13(18-17)10-12-6-7-14(19-3)15(11-12)20-4/h6-7,11,13,18H,8-10,17H2,1-5H3. The number of hydrogen-bond acceptors (Lipinski definition) is 5. The first-order chi connectivity index (χ1) is 9.95. The second kappa shape index (κ2) is 8.22. The number of nitrogens with two attached hydrogens (primary N) is 1. The Morgan fingerprint density at radius 2 is 1.81 bits per heavy atom. The molecule has 0 radical (unpaired) electrons. The van der Waals surface area contributed by atoms with E-state index in [1.807, 2.05) is 18.2 Å². The van der Waals surface area contributed by atoms with Crippen molar-refractivity contribution in [3.05, 3.63) is 23.8 Å². The van der Waals surface area contributed by atoms with Gasteiger partial charge in [0.1, 0.15) is 0 Å². The van der Waals surface area contributed by atoms with Crippen LogP contribution in [0.15, 0.2) is 18.2 Å². The first-order valence-corrected chi connectivity index (χ1v) is 7.18. The van der Waals surface area contributed by atoms with E-state index >= 15 is 0 Å². The average Bonchev–Trinajstić information content (AvgIpc) is 2.51. The van der Waals surface area contributed by atoms with Crippen LogP contribution in [0.3, 0.4) is 0 Å². The van der Waals surface area contributed by atoms with Gasteiger partial charge in [0.15, 0.2) is 11.5 Å². The van der Waals surface area contributed by atoms with Gasteiger partial charge in [-0.2, -0.15) is 0 Å². The third kappa shape index (κ3) is 5.53. The van der Waals surface area contributed by atoms with E-state index in [0.29, 0.717) is 0 Å². The Hall–Kier alpha value is -1.30. The summed E-state index contributed by atoms with van der Waals surface area (Å²) in [5, 5.41) is 0. The van der Waals surface area contributed by atoms with Crippen LogP contribution < -0.4 is 20.7 Å². The zero-order valence-corrected chi connectivity index (χ0v) is 13.7. The van der Waals surface area contributed by atoms with Crippen molar-refractivity contribution in [1.82, 2.24) is 5.43 Å². The average molecular weight is 296 g/mol. The number of benzene rings is 1. The molecular formula is C16H28N2O3. The van der Waals surface area contributed by atoms with Crippen molar-refractivity contribution in [2.45, 2.75) is 44.8 Å². The minimum atomic E-state index is -0.132. The van der Waals surface area contributed by atoms with Crippen molar-refractivity contribution in [3.63, 3.8) is 0 Å². The van der Waals surface area contributed by atoms with Gasteiger partial charge < -0.3 is 14.2 Å². The van der Waals surface area contributed by atoms with Crippen molar-refractivity contribution in [1.29, 1.82) is 0 Å². The van der Waals surface area contributed by atoms with Gasteiger partial charge in [0.05, 0.1) is 19.8 Å². The summed E-state index contributed by atoms with van der Waals surface area (Å²) in [6.07, 6.45) is 2.70. The maximum Gasteiger partial charge on any atom is 0.160 e. The Kier molecular flexibility index (Phi) is 6.95. The normalized spacial score (nSPS) is 13.0. The molecule has 1 rings (SSSR count). The van der Waals surface area contributed by atoms with Gasteiger partial charge in [0, 0.05) is 13.2 Å². The van der Waals surface area contributed by atoms with Crippen molar-refractivity contribution in [2.24, 2.45) is 5.84 Å². The van der Waals surface area contributed by atoms with E-state index in [0.717, 1.165) is 36.3 Å². The van der Waals surface area contributed by atoms with E-state index in [1.165, 1.54) is 0 Å². The Morgan fingerprint density at radius 1 is 1.14 bits per heavy atom. The Balaban J connectivity index is 2.69. The maximum absolute atomic E-state index is 5.67. The number of methoxy groups -OCH3 is 3. The van der Waals surface area contributed by atoms with Crippen molar-refractivity contribution < 1.29 is 14.2 Å². The van der Waals surface area contributed by atoms with Crippen molar-refractivity contribution in [3.8, 4) is 11.5 Å². The number of hydrogen-bond donors (Lipinski definition) is 2. The van der Waals surface area contributed by atoms with Gasteiger partial charge in [-0.25, -0.2) is 0 Å². The summed E-state index contributed by atoms with van der Waals surface area (Å²) in [4.78, 5) is 0. The molecule has 3 N–H and O–H groups in total. The molecule has 0 aliphatic rings. The zero-order chi connectivity index (χ0) is 15.9. The van der Waals surface area contributed by atoms with Crippen LogP contribution in [0.1, 0.15) is 32.3 Å². The fourth-order valence-corrected chi connectivity index (χ4v) is 2.16. The highest BCUT2D eigenvalue weighted by Crippen LogP contribution is 2.28. The SMILES string of the molecule is COc1ccc(CC(CCC(C)(C)OC)NN)cc1OC. The molecule has 120 valence electrons. The molecule has 1 unspecified atom stereocenters. The summed E-state index contributed by atoms with van der Waals surface area (Å²) in [7, 11) is 5.01. The quantitative estimate of drug-likeness (QED) is 0.540. The summed E-state index contributed by atoms with van der Waals surface area (Å²) in [6.45, 7) is 4.16. The van der Waals surface area contributed by atoms with Gasteiger partial charge in [-0.15, -0.1) is 0 Å². The molecule has 1 atom stereocenters. The van der Waals surface area contributed by atoms with Crippen molar-refractivity contribution >= 4 is 0 Å². The molecule has 5 heteroatoms. The number of hydrazine groups is 1. The number of ether oxygens (including phenoxy) is 3. The van der Waals surface area contributed by atoms with Gasteiger partial charge in [0.2, 0.25) is 0 Å². The third-order valence-electron chi connectivity index (χ3n) is 3.81. The first kappa shape index (κ1) is 17.8. The Bertz CT molecular complexity index is 436. The summed E-state index contributed by atoms with van der Waals surface area (Å²) in [5.74, 6) is 7.15. The van der Waals surface area contributed by atoms with Crippen molar-refractivity contribution in [2.75, 3.05) is 21.3 Å². The molecule has 0 aromatic heterocycles. The third-order valence-corrected chi connectivity index (χ3v) is 3.81. The summed E-state index contributed by atoms with van der Waals surface area (Å²) in [5.41, 5.74) is 3.91. The largest absolute Gasteiger partial charge is 0.493 e. The molecule has 0 amide bonds. The monoisotopic (exact) mass is 296 g/mol. The molecule has 5 nitrogen and oxygen atoms in total. The van der Waals surface area contributed by atoms with Crippen LogP contribution in [-0.4, -0.2) is 33.0 Å². The molecule has 0 aliphatic heterocycles. The number of rotatable bonds is 9. The van der Waals surface area contributed by atoms with Crippen LogP contribution in [0.5, 0.6) is 11.5 Å². The van der Waals surface area contributed by atoms with Gasteiger partial charge >= 0.3 is 0 Å². The van der Waals surface area contributed by atoms with Crippen LogP contribution in [0.2, 0.25) is 0 Å². The van der Waals surface area contributed by atoms with Crippen LogP contribution >= 0.6 is 0 Å². The lowest BCUT2D eigenvalue weighted by atomic mass is 9.95. The van der Waals surface area contributed by atoms with E-state index in [2.05, 4.69) is 19.3 Å². The molecule has 0 spiro atoms. The highest BCUT2D eigenvalue weighted by molar-refractivity contribution is 5.43. The number of nitrogens with one attached hydrogen (secondary N) is 1. The van der Waals surface area contributed by atoms with E-state index < -0.39 is 0 Å². The van der Waals surface area contributed by atoms with Gasteiger partial charge in [-0.3, -0.25) is 11.3 Å². The minimum absolute atomic E-state index is 0.132. The van der Waals surface area contributed by atoms with Gasteiger partial charge in [-0.1, -0.05) is 6.07 Å².